The zero-order valence-electron chi connectivity index (χ0n) is 12.0. The van der Waals surface area contributed by atoms with Gasteiger partial charge in [-0.15, -0.1) is 0 Å². The average Bonchev–Trinajstić information content (AvgIpc) is 2.52. The molecule has 0 radical (unpaired) electrons. The molecular weight excluding hydrogens is 309 g/mol. The Morgan fingerprint density at radius 2 is 2.38 bits per heavy atom. The van der Waals surface area contributed by atoms with Gasteiger partial charge in [-0.05, 0) is 12.5 Å². The summed E-state index contributed by atoms with van der Waals surface area (Å²) in [7, 11) is 0. The fourth-order valence-electron chi connectivity index (χ4n) is 1.94. The van der Waals surface area contributed by atoms with Gasteiger partial charge >= 0.3 is 0 Å². The second-order valence-electron chi connectivity index (χ2n) is 4.73. The van der Waals surface area contributed by atoms with E-state index < -0.39 is 5.82 Å². The Balaban J connectivity index is 1.94. The summed E-state index contributed by atoms with van der Waals surface area (Å²) in [5.41, 5.74) is 0.0528. The first-order chi connectivity index (χ1) is 10.2. The minimum absolute atomic E-state index is 0.0528. The van der Waals surface area contributed by atoms with Crippen LogP contribution in [0.1, 0.15) is 23.7 Å². The van der Waals surface area contributed by atoms with Crippen molar-refractivity contribution in [1.29, 1.82) is 0 Å². The van der Waals surface area contributed by atoms with Crippen LogP contribution in [-0.2, 0) is 0 Å². The van der Waals surface area contributed by atoms with Crippen molar-refractivity contribution in [2.45, 2.75) is 18.6 Å². The van der Waals surface area contributed by atoms with Gasteiger partial charge in [-0.25, -0.2) is 9.37 Å². The van der Waals surface area contributed by atoms with Crippen molar-refractivity contribution >= 4 is 35.2 Å². The molecule has 0 saturated carbocycles. The van der Waals surface area contributed by atoms with Gasteiger partial charge in [-0.1, -0.05) is 6.92 Å². The van der Waals surface area contributed by atoms with E-state index in [2.05, 4.69) is 15.6 Å². The SMILES string of the molecule is CCCNc1nccc(C(=O)NCC2CSCCS2)c1F. The highest BCUT2D eigenvalue weighted by Gasteiger charge is 2.19. The highest BCUT2D eigenvalue weighted by atomic mass is 32.2. The zero-order chi connectivity index (χ0) is 15.1. The van der Waals surface area contributed by atoms with Crippen LogP contribution in [0.5, 0.6) is 0 Å². The third kappa shape index (κ3) is 4.78. The molecule has 2 N–H and O–H groups in total. The topological polar surface area (TPSA) is 54.0 Å². The van der Waals surface area contributed by atoms with E-state index in [9.17, 15) is 9.18 Å². The molecule has 0 aliphatic carbocycles. The lowest BCUT2D eigenvalue weighted by molar-refractivity contribution is 0.0950. The zero-order valence-corrected chi connectivity index (χ0v) is 13.7. The molecule has 1 aliphatic heterocycles. The molecule has 2 rings (SSSR count). The van der Waals surface area contributed by atoms with Gasteiger partial charge in [-0.3, -0.25) is 4.79 Å². The van der Waals surface area contributed by atoms with E-state index in [0.29, 0.717) is 18.3 Å². The normalized spacial score (nSPS) is 18.3. The molecule has 1 amide bonds. The number of carbonyl (C=O) groups is 1. The first-order valence-electron chi connectivity index (χ1n) is 7.08. The van der Waals surface area contributed by atoms with E-state index in [1.54, 1.807) is 0 Å². The molecule has 0 spiro atoms. The lowest BCUT2D eigenvalue weighted by Gasteiger charge is -2.21. The quantitative estimate of drug-likeness (QED) is 0.840. The predicted molar refractivity (Wildman–Crippen MR) is 88.9 cm³/mol. The number of rotatable bonds is 6. The van der Waals surface area contributed by atoms with E-state index in [1.807, 2.05) is 30.4 Å². The summed E-state index contributed by atoms with van der Waals surface area (Å²) in [4.78, 5) is 16.0. The van der Waals surface area contributed by atoms with Crippen LogP contribution in [0, 0.1) is 5.82 Å². The minimum Gasteiger partial charge on any atom is -0.368 e. The largest absolute Gasteiger partial charge is 0.368 e. The van der Waals surface area contributed by atoms with E-state index in [-0.39, 0.29) is 17.3 Å². The van der Waals surface area contributed by atoms with Crippen molar-refractivity contribution in [2.75, 3.05) is 35.7 Å². The summed E-state index contributed by atoms with van der Waals surface area (Å²) in [5.74, 6) is 2.51. The first kappa shape index (κ1) is 16.4. The molecule has 1 aromatic rings. The monoisotopic (exact) mass is 329 g/mol. The average molecular weight is 329 g/mol. The van der Waals surface area contributed by atoms with Gasteiger partial charge in [0.2, 0.25) is 0 Å². The summed E-state index contributed by atoms with van der Waals surface area (Å²) < 4.78 is 14.2. The summed E-state index contributed by atoms with van der Waals surface area (Å²) in [6.07, 6.45) is 2.33. The van der Waals surface area contributed by atoms with Crippen LogP contribution in [0.4, 0.5) is 10.2 Å². The van der Waals surface area contributed by atoms with Gasteiger partial charge in [0.15, 0.2) is 11.6 Å². The summed E-state index contributed by atoms with van der Waals surface area (Å²) in [5, 5.41) is 6.13. The number of aromatic nitrogens is 1. The number of amides is 1. The minimum atomic E-state index is -0.575. The molecule has 21 heavy (non-hydrogen) atoms. The third-order valence-electron chi connectivity index (χ3n) is 3.05. The van der Waals surface area contributed by atoms with E-state index in [1.165, 1.54) is 18.0 Å². The van der Waals surface area contributed by atoms with Gasteiger partial charge in [0.1, 0.15) is 0 Å². The molecule has 1 unspecified atom stereocenters. The Hall–Kier alpha value is -0.950. The van der Waals surface area contributed by atoms with Crippen molar-refractivity contribution in [2.24, 2.45) is 0 Å². The lowest BCUT2D eigenvalue weighted by Crippen LogP contribution is -2.34. The molecule has 1 aliphatic rings. The fourth-order valence-corrected chi connectivity index (χ4v) is 4.55. The molecule has 116 valence electrons. The highest BCUT2D eigenvalue weighted by molar-refractivity contribution is 8.06. The molecule has 1 atom stereocenters. The molecular formula is C14H20FN3OS2. The molecule has 2 heterocycles. The van der Waals surface area contributed by atoms with Crippen LogP contribution in [0.2, 0.25) is 0 Å². The number of hydrogen-bond acceptors (Lipinski definition) is 5. The van der Waals surface area contributed by atoms with Crippen molar-refractivity contribution in [3.63, 3.8) is 0 Å². The summed E-state index contributed by atoms with van der Waals surface area (Å²) in [6, 6.07) is 1.42. The van der Waals surface area contributed by atoms with Gasteiger partial charge in [0.25, 0.3) is 5.91 Å². The number of carbonyl (C=O) groups excluding carboxylic acids is 1. The number of pyridine rings is 1. The first-order valence-corrected chi connectivity index (χ1v) is 9.28. The molecule has 0 bridgehead atoms. The van der Waals surface area contributed by atoms with Crippen molar-refractivity contribution in [3.05, 3.63) is 23.6 Å². The molecule has 0 aromatic carbocycles. The predicted octanol–water partition coefficient (Wildman–Crippen LogP) is 2.62. The fraction of sp³-hybridized carbons (Fsp3) is 0.571. The van der Waals surface area contributed by atoms with Gasteiger partial charge < -0.3 is 10.6 Å². The Morgan fingerprint density at radius 1 is 1.52 bits per heavy atom. The van der Waals surface area contributed by atoms with Crippen LogP contribution in [0.3, 0.4) is 0 Å². The Kier molecular flexibility index (Phi) is 6.63. The lowest BCUT2D eigenvalue weighted by atomic mass is 10.2. The Morgan fingerprint density at radius 3 is 3.10 bits per heavy atom. The van der Waals surface area contributed by atoms with Gasteiger partial charge in [0.05, 0.1) is 5.56 Å². The second-order valence-corrected chi connectivity index (χ2v) is 7.28. The number of halogens is 1. The second kappa shape index (κ2) is 8.48. The van der Waals surface area contributed by atoms with Crippen LogP contribution in [0.25, 0.3) is 0 Å². The standard InChI is InChI=1S/C14H20FN3OS2/c1-2-4-16-13-12(15)11(3-5-17-13)14(19)18-8-10-9-20-6-7-21-10/h3,5,10H,2,4,6-9H2,1H3,(H,16,17)(H,18,19). The highest BCUT2D eigenvalue weighted by Crippen LogP contribution is 2.23. The summed E-state index contributed by atoms with van der Waals surface area (Å²) >= 11 is 3.76. The number of hydrogen-bond donors (Lipinski definition) is 2. The smallest absolute Gasteiger partial charge is 0.254 e. The van der Waals surface area contributed by atoms with Crippen LogP contribution < -0.4 is 10.6 Å². The molecule has 1 aromatic heterocycles. The third-order valence-corrected chi connectivity index (χ3v) is 5.90. The molecule has 1 saturated heterocycles. The van der Waals surface area contributed by atoms with E-state index in [0.717, 1.165) is 17.9 Å². The molecule has 7 heteroatoms. The van der Waals surface area contributed by atoms with Crippen molar-refractivity contribution in [3.8, 4) is 0 Å². The van der Waals surface area contributed by atoms with Crippen molar-refractivity contribution in [1.82, 2.24) is 10.3 Å². The van der Waals surface area contributed by atoms with Gasteiger partial charge in [-0.2, -0.15) is 23.5 Å². The van der Waals surface area contributed by atoms with Crippen LogP contribution >= 0.6 is 23.5 Å². The Labute approximate surface area is 133 Å². The maximum Gasteiger partial charge on any atom is 0.254 e. The number of nitrogens with zero attached hydrogens (tertiary/aromatic N) is 1. The number of nitrogens with one attached hydrogen (secondary N) is 2. The molecule has 1 fully saturated rings. The maximum atomic E-state index is 14.2. The molecule has 4 nitrogen and oxygen atoms in total. The van der Waals surface area contributed by atoms with E-state index >= 15 is 0 Å². The number of anilines is 1. The van der Waals surface area contributed by atoms with E-state index in [4.69, 9.17) is 0 Å². The Bertz CT molecular complexity index is 481. The summed E-state index contributed by atoms with van der Waals surface area (Å²) in [6.45, 7) is 3.20. The van der Waals surface area contributed by atoms with Crippen LogP contribution in [-0.4, -0.2) is 46.5 Å². The number of thioether (sulfide) groups is 2. The van der Waals surface area contributed by atoms with Crippen LogP contribution in [0.15, 0.2) is 12.3 Å². The van der Waals surface area contributed by atoms with Crippen molar-refractivity contribution < 1.29 is 9.18 Å². The maximum absolute atomic E-state index is 14.2. The van der Waals surface area contributed by atoms with Gasteiger partial charge in [0, 0.05) is 41.8 Å².